The highest BCUT2D eigenvalue weighted by Gasteiger charge is 2.49. The summed E-state index contributed by atoms with van der Waals surface area (Å²) >= 11 is 0. The number of carboxylic acid groups (broad SMARTS) is 1. The van der Waals surface area contributed by atoms with Gasteiger partial charge in [-0.15, -0.1) is 0 Å². The molecule has 0 bridgehead atoms. The van der Waals surface area contributed by atoms with Crippen LogP contribution >= 0.6 is 0 Å². The fourth-order valence-electron chi connectivity index (χ4n) is 2.47. The van der Waals surface area contributed by atoms with E-state index < -0.39 is 11.9 Å². The average molecular weight is 198 g/mol. The molecule has 2 saturated heterocycles. The van der Waals surface area contributed by atoms with Gasteiger partial charge < -0.3 is 15.7 Å². The number of hydrogen-bond donors (Lipinski definition) is 3. The number of hydrogen-bond acceptors (Lipinski definition) is 3. The third kappa shape index (κ3) is 1.37. The van der Waals surface area contributed by atoms with Gasteiger partial charge in [0, 0.05) is 24.9 Å². The average Bonchev–Trinajstić information content (AvgIpc) is 2.48. The summed E-state index contributed by atoms with van der Waals surface area (Å²) in [5, 5.41) is 14.9. The molecule has 0 aliphatic carbocycles. The van der Waals surface area contributed by atoms with Crippen LogP contribution in [0.3, 0.4) is 0 Å². The second-order valence-electron chi connectivity index (χ2n) is 4.16. The molecule has 0 aromatic rings. The molecule has 0 aromatic heterocycles. The van der Waals surface area contributed by atoms with Gasteiger partial charge in [-0.1, -0.05) is 0 Å². The van der Waals surface area contributed by atoms with Crippen LogP contribution in [0.2, 0.25) is 0 Å². The molecule has 5 heteroatoms. The van der Waals surface area contributed by atoms with E-state index in [1.807, 2.05) is 0 Å². The van der Waals surface area contributed by atoms with E-state index in [0.29, 0.717) is 19.5 Å². The summed E-state index contributed by atoms with van der Waals surface area (Å²) in [7, 11) is 0. The van der Waals surface area contributed by atoms with E-state index in [1.165, 1.54) is 0 Å². The molecule has 2 atom stereocenters. The normalized spacial score (nSPS) is 37.1. The van der Waals surface area contributed by atoms with Crippen molar-refractivity contribution in [3.05, 3.63) is 0 Å². The van der Waals surface area contributed by atoms with Gasteiger partial charge in [0.1, 0.15) is 0 Å². The van der Waals surface area contributed by atoms with Gasteiger partial charge in [-0.2, -0.15) is 0 Å². The number of carboxylic acids is 1. The molecule has 2 aliphatic heterocycles. The van der Waals surface area contributed by atoms with E-state index >= 15 is 0 Å². The van der Waals surface area contributed by atoms with Gasteiger partial charge >= 0.3 is 5.97 Å². The lowest BCUT2D eigenvalue weighted by Gasteiger charge is -2.37. The first kappa shape index (κ1) is 9.45. The second-order valence-corrected chi connectivity index (χ2v) is 4.16. The van der Waals surface area contributed by atoms with E-state index in [0.717, 1.165) is 13.0 Å². The third-order valence-electron chi connectivity index (χ3n) is 3.34. The van der Waals surface area contributed by atoms with Crippen molar-refractivity contribution in [2.24, 2.45) is 11.3 Å². The molecule has 0 radical (unpaired) electrons. The van der Waals surface area contributed by atoms with Crippen LogP contribution in [0.25, 0.3) is 0 Å². The Bertz CT molecular complexity index is 279. The maximum absolute atomic E-state index is 11.2. The van der Waals surface area contributed by atoms with Crippen LogP contribution in [0.15, 0.2) is 0 Å². The zero-order valence-electron chi connectivity index (χ0n) is 7.88. The van der Waals surface area contributed by atoms with Gasteiger partial charge in [-0.25, -0.2) is 0 Å². The summed E-state index contributed by atoms with van der Waals surface area (Å²) in [5.41, 5.74) is -0.339. The van der Waals surface area contributed by atoms with E-state index in [4.69, 9.17) is 5.11 Å². The number of nitrogens with one attached hydrogen (secondary N) is 2. The molecule has 0 aromatic carbocycles. The van der Waals surface area contributed by atoms with Gasteiger partial charge in [0.25, 0.3) is 0 Å². The monoisotopic (exact) mass is 198 g/mol. The van der Waals surface area contributed by atoms with Gasteiger partial charge in [-0.05, 0) is 13.0 Å². The first-order valence-corrected chi connectivity index (χ1v) is 4.84. The van der Waals surface area contributed by atoms with Crippen LogP contribution in [0.1, 0.15) is 12.8 Å². The Morgan fingerprint density at radius 1 is 1.57 bits per heavy atom. The van der Waals surface area contributed by atoms with Crippen LogP contribution in [-0.2, 0) is 9.59 Å². The first-order valence-electron chi connectivity index (χ1n) is 4.84. The molecule has 5 nitrogen and oxygen atoms in total. The number of carbonyl (C=O) groups excluding carboxylic acids is 1. The Hall–Kier alpha value is -1.10. The summed E-state index contributed by atoms with van der Waals surface area (Å²) in [4.78, 5) is 22.2. The lowest BCUT2D eigenvalue weighted by Crippen LogP contribution is -2.49. The third-order valence-corrected chi connectivity index (χ3v) is 3.34. The Labute approximate surface area is 81.9 Å². The largest absolute Gasteiger partial charge is 0.481 e. The number of aliphatic carboxylic acids is 1. The molecule has 0 saturated carbocycles. The van der Waals surface area contributed by atoms with Crippen molar-refractivity contribution in [2.45, 2.75) is 12.8 Å². The van der Waals surface area contributed by atoms with Gasteiger partial charge in [0.05, 0.1) is 5.92 Å². The van der Waals surface area contributed by atoms with Crippen LogP contribution in [-0.4, -0.2) is 36.6 Å². The zero-order valence-corrected chi connectivity index (χ0v) is 7.88. The Morgan fingerprint density at radius 3 is 2.93 bits per heavy atom. The molecule has 2 unspecified atom stereocenters. The van der Waals surface area contributed by atoms with Crippen molar-refractivity contribution < 1.29 is 14.7 Å². The zero-order chi connectivity index (χ0) is 10.2. The predicted molar refractivity (Wildman–Crippen MR) is 48.7 cm³/mol. The molecule has 1 amide bonds. The molecule has 3 N–H and O–H groups in total. The molecule has 2 fully saturated rings. The molecule has 2 aliphatic rings. The number of amides is 1. The Balaban J connectivity index is 2.21. The summed E-state index contributed by atoms with van der Waals surface area (Å²) in [6.07, 6.45) is 1.13. The van der Waals surface area contributed by atoms with Gasteiger partial charge in [0.15, 0.2) is 0 Å². The minimum absolute atomic E-state index is 0.0156. The molecule has 78 valence electrons. The van der Waals surface area contributed by atoms with Crippen molar-refractivity contribution in [3.8, 4) is 0 Å². The van der Waals surface area contributed by atoms with Crippen molar-refractivity contribution in [1.82, 2.24) is 10.6 Å². The Kier molecular flexibility index (Phi) is 2.19. The maximum atomic E-state index is 11.2. The summed E-state index contributed by atoms with van der Waals surface area (Å²) in [6.45, 7) is 1.80. The van der Waals surface area contributed by atoms with E-state index in [9.17, 15) is 9.59 Å². The van der Waals surface area contributed by atoms with Crippen molar-refractivity contribution in [1.29, 1.82) is 0 Å². The lowest BCUT2D eigenvalue weighted by atomic mass is 9.70. The van der Waals surface area contributed by atoms with Gasteiger partial charge in [-0.3, -0.25) is 9.59 Å². The summed E-state index contributed by atoms with van der Waals surface area (Å²) in [5.74, 6) is -1.25. The lowest BCUT2D eigenvalue weighted by molar-refractivity contribution is -0.147. The first-order chi connectivity index (χ1) is 6.64. The number of rotatable bonds is 1. The molecule has 2 heterocycles. The molecular weight excluding hydrogens is 184 g/mol. The standard InChI is InChI=1S/C9H14N2O3/c12-7-3-9(5-11-7)1-2-10-4-6(9)8(13)14/h6,10H,1-5H2,(H,11,12)(H,13,14). The van der Waals surface area contributed by atoms with Crippen molar-refractivity contribution in [2.75, 3.05) is 19.6 Å². The minimum Gasteiger partial charge on any atom is -0.481 e. The van der Waals surface area contributed by atoms with Crippen molar-refractivity contribution >= 4 is 11.9 Å². The second kappa shape index (κ2) is 3.24. The quantitative estimate of drug-likeness (QED) is 0.514. The van der Waals surface area contributed by atoms with E-state index in [-0.39, 0.29) is 11.3 Å². The highest BCUT2D eigenvalue weighted by molar-refractivity contribution is 5.81. The summed E-state index contributed by atoms with van der Waals surface area (Å²) in [6, 6.07) is 0. The van der Waals surface area contributed by atoms with E-state index in [1.54, 1.807) is 0 Å². The minimum atomic E-state index is -0.797. The fourth-order valence-corrected chi connectivity index (χ4v) is 2.47. The predicted octanol–water partition coefficient (Wildman–Crippen LogP) is -0.813. The highest BCUT2D eigenvalue weighted by atomic mass is 16.4. The molecule has 1 spiro atoms. The molecule has 2 rings (SSSR count). The van der Waals surface area contributed by atoms with Crippen LogP contribution in [0.5, 0.6) is 0 Å². The number of piperidine rings is 1. The van der Waals surface area contributed by atoms with Gasteiger partial charge in [0.2, 0.25) is 5.91 Å². The summed E-state index contributed by atoms with van der Waals surface area (Å²) < 4.78 is 0. The topological polar surface area (TPSA) is 78.4 Å². The highest BCUT2D eigenvalue weighted by Crippen LogP contribution is 2.39. The van der Waals surface area contributed by atoms with Crippen LogP contribution < -0.4 is 10.6 Å². The van der Waals surface area contributed by atoms with Crippen LogP contribution in [0.4, 0.5) is 0 Å². The smallest absolute Gasteiger partial charge is 0.308 e. The molecular formula is C9H14N2O3. The SMILES string of the molecule is O=C1CC2(CCNCC2C(=O)O)CN1. The maximum Gasteiger partial charge on any atom is 0.308 e. The molecule has 14 heavy (non-hydrogen) atoms. The van der Waals surface area contributed by atoms with Crippen molar-refractivity contribution in [3.63, 3.8) is 0 Å². The van der Waals surface area contributed by atoms with Crippen LogP contribution in [0, 0.1) is 11.3 Å². The number of carbonyl (C=O) groups is 2. The fraction of sp³-hybridized carbons (Fsp3) is 0.778. The van der Waals surface area contributed by atoms with E-state index in [2.05, 4.69) is 10.6 Å². The Morgan fingerprint density at radius 2 is 2.36 bits per heavy atom.